The van der Waals surface area contributed by atoms with Crippen LogP contribution in [0.4, 0.5) is 35.0 Å². The Morgan fingerprint density at radius 2 is 1.71 bits per heavy atom. The molecule has 0 aliphatic carbocycles. The lowest BCUT2D eigenvalue weighted by atomic mass is 10.0. The van der Waals surface area contributed by atoms with E-state index in [1.165, 1.54) is 36.6 Å². The molecule has 0 fully saturated rings. The SMILES string of the molecule is CCCN(C)c1cc(NC(=O)OC(C)(C)C)c(NC(=O)CC(=O)c2cccc(-c3cnccn3)c2)cc1C(F)(F)F. The van der Waals surface area contributed by atoms with Gasteiger partial charge < -0.3 is 15.0 Å². The van der Waals surface area contributed by atoms with Gasteiger partial charge in [0.25, 0.3) is 0 Å². The Balaban J connectivity index is 1.92. The number of rotatable bonds is 9. The fraction of sp³-hybridized carbons (Fsp3) is 0.345. The predicted molar refractivity (Wildman–Crippen MR) is 150 cm³/mol. The summed E-state index contributed by atoms with van der Waals surface area (Å²) in [5.74, 6) is -1.43. The molecule has 41 heavy (non-hydrogen) atoms. The third-order valence-electron chi connectivity index (χ3n) is 5.69. The zero-order valence-electron chi connectivity index (χ0n) is 23.4. The lowest BCUT2D eigenvalue weighted by molar-refractivity contribution is -0.137. The van der Waals surface area contributed by atoms with Gasteiger partial charge in [0.2, 0.25) is 5.91 Å². The molecular formula is C29H32F3N5O4. The van der Waals surface area contributed by atoms with Gasteiger partial charge in [0, 0.05) is 37.1 Å². The number of ketones is 1. The maximum Gasteiger partial charge on any atom is 0.418 e. The van der Waals surface area contributed by atoms with Crippen LogP contribution in [0, 0.1) is 0 Å². The van der Waals surface area contributed by atoms with E-state index in [1.807, 2.05) is 6.92 Å². The first-order valence-electron chi connectivity index (χ1n) is 12.8. The molecule has 2 amide bonds. The summed E-state index contributed by atoms with van der Waals surface area (Å²) in [6, 6.07) is 8.29. The first-order valence-corrected chi connectivity index (χ1v) is 12.8. The second-order valence-electron chi connectivity index (χ2n) is 10.3. The maximum atomic E-state index is 14.1. The molecular weight excluding hydrogens is 539 g/mol. The summed E-state index contributed by atoms with van der Waals surface area (Å²) in [7, 11) is 1.50. The number of carbonyl (C=O) groups is 3. The first-order chi connectivity index (χ1) is 19.2. The molecule has 2 aromatic carbocycles. The normalized spacial score (nSPS) is 11.5. The Kier molecular flexibility index (Phi) is 9.69. The van der Waals surface area contributed by atoms with E-state index in [0.717, 1.165) is 12.1 Å². The Morgan fingerprint density at radius 1 is 1.00 bits per heavy atom. The summed E-state index contributed by atoms with van der Waals surface area (Å²) in [5, 5.41) is 4.80. The first kappa shape index (κ1) is 31.1. The van der Waals surface area contributed by atoms with Crippen LogP contribution < -0.4 is 15.5 Å². The highest BCUT2D eigenvalue weighted by molar-refractivity contribution is 6.12. The van der Waals surface area contributed by atoms with Crippen LogP contribution in [-0.4, -0.2) is 46.9 Å². The largest absolute Gasteiger partial charge is 0.444 e. The Hall–Kier alpha value is -4.48. The van der Waals surface area contributed by atoms with E-state index in [-0.39, 0.29) is 22.6 Å². The number of anilines is 3. The lowest BCUT2D eigenvalue weighted by Gasteiger charge is -2.26. The maximum absolute atomic E-state index is 14.1. The van der Waals surface area contributed by atoms with Crippen molar-refractivity contribution < 1.29 is 32.3 Å². The Bertz CT molecular complexity index is 1410. The second kappa shape index (κ2) is 12.8. The number of nitrogens with one attached hydrogen (secondary N) is 2. The highest BCUT2D eigenvalue weighted by atomic mass is 19.4. The number of alkyl halides is 3. The van der Waals surface area contributed by atoms with Gasteiger partial charge in [-0.15, -0.1) is 0 Å². The highest BCUT2D eigenvalue weighted by Crippen LogP contribution is 2.41. The third kappa shape index (κ3) is 8.75. The number of aromatic nitrogens is 2. The summed E-state index contributed by atoms with van der Waals surface area (Å²) < 4.78 is 47.5. The van der Waals surface area contributed by atoms with Crippen molar-refractivity contribution in [3.8, 4) is 11.3 Å². The highest BCUT2D eigenvalue weighted by Gasteiger charge is 2.36. The van der Waals surface area contributed by atoms with Crippen molar-refractivity contribution in [1.82, 2.24) is 9.97 Å². The summed E-state index contributed by atoms with van der Waals surface area (Å²) in [4.78, 5) is 47.9. The molecule has 0 saturated heterocycles. The number of halogens is 3. The van der Waals surface area contributed by atoms with Gasteiger partial charge in [-0.1, -0.05) is 25.1 Å². The lowest BCUT2D eigenvalue weighted by Crippen LogP contribution is -2.28. The number of hydrogen-bond acceptors (Lipinski definition) is 7. The monoisotopic (exact) mass is 571 g/mol. The Morgan fingerprint density at radius 3 is 2.32 bits per heavy atom. The van der Waals surface area contributed by atoms with Crippen LogP contribution >= 0.6 is 0 Å². The number of ether oxygens (including phenoxy) is 1. The fourth-order valence-electron chi connectivity index (χ4n) is 3.95. The number of Topliss-reactive ketones (excluding diaryl/α,β-unsaturated/α-hetero) is 1. The number of carbonyl (C=O) groups excluding carboxylic acids is 3. The van der Waals surface area contributed by atoms with Gasteiger partial charge in [-0.2, -0.15) is 13.2 Å². The van der Waals surface area contributed by atoms with E-state index in [4.69, 9.17) is 4.74 Å². The van der Waals surface area contributed by atoms with Crippen molar-refractivity contribution in [2.24, 2.45) is 0 Å². The van der Waals surface area contributed by atoms with Crippen molar-refractivity contribution >= 4 is 34.8 Å². The number of amides is 2. The average molecular weight is 572 g/mol. The number of hydrogen-bond donors (Lipinski definition) is 2. The molecule has 1 heterocycles. The van der Waals surface area contributed by atoms with Crippen LogP contribution in [-0.2, 0) is 15.7 Å². The molecule has 0 saturated carbocycles. The van der Waals surface area contributed by atoms with E-state index >= 15 is 0 Å². The van der Waals surface area contributed by atoms with Crippen LogP contribution in [0.2, 0.25) is 0 Å². The van der Waals surface area contributed by atoms with Gasteiger partial charge in [0.1, 0.15) is 5.60 Å². The van der Waals surface area contributed by atoms with Gasteiger partial charge in [-0.25, -0.2) is 4.79 Å². The van der Waals surface area contributed by atoms with Crippen LogP contribution in [0.3, 0.4) is 0 Å². The molecule has 3 rings (SSSR count). The van der Waals surface area contributed by atoms with Gasteiger partial charge >= 0.3 is 12.3 Å². The van der Waals surface area contributed by atoms with E-state index < -0.39 is 41.5 Å². The smallest absolute Gasteiger partial charge is 0.418 e. The van der Waals surface area contributed by atoms with Crippen molar-refractivity contribution in [2.75, 3.05) is 29.1 Å². The zero-order valence-corrected chi connectivity index (χ0v) is 23.4. The molecule has 12 heteroatoms. The molecule has 0 aliphatic rings. The van der Waals surface area contributed by atoms with Gasteiger partial charge in [0.05, 0.1) is 40.9 Å². The molecule has 1 aromatic heterocycles. The van der Waals surface area contributed by atoms with E-state index in [1.54, 1.807) is 39.0 Å². The van der Waals surface area contributed by atoms with Crippen LogP contribution in [0.1, 0.15) is 56.5 Å². The minimum absolute atomic E-state index is 0.115. The van der Waals surface area contributed by atoms with E-state index in [2.05, 4.69) is 20.6 Å². The van der Waals surface area contributed by atoms with Gasteiger partial charge in [-0.05, 0) is 45.4 Å². The number of nitrogens with zero attached hydrogens (tertiary/aromatic N) is 3. The molecule has 9 nitrogen and oxygen atoms in total. The molecule has 0 aliphatic heterocycles. The molecule has 218 valence electrons. The molecule has 0 radical (unpaired) electrons. The zero-order chi connectivity index (χ0) is 30.4. The van der Waals surface area contributed by atoms with Crippen LogP contribution in [0.15, 0.2) is 55.0 Å². The molecule has 3 aromatic rings. The molecule has 0 spiro atoms. The fourth-order valence-corrected chi connectivity index (χ4v) is 3.95. The molecule has 2 N–H and O–H groups in total. The van der Waals surface area contributed by atoms with Crippen molar-refractivity contribution in [3.05, 3.63) is 66.1 Å². The van der Waals surface area contributed by atoms with Crippen molar-refractivity contribution in [3.63, 3.8) is 0 Å². The third-order valence-corrected chi connectivity index (χ3v) is 5.69. The topological polar surface area (TPSA) is 114 Å². The average Bonchev–Trinajstić information content (AvgIpc) is 2.88. The van der Waals surface area contributed by atoms with Crippen LogP contribution in [0.25, 0.3) is 11.3 Å². The van der Waals surface area contributed by atoms with Crippen LogP contribution in [0.5, 0.6) is 0 Å². The van der Waals surface area contributed by atoms with Crippen molar-refractivity contribution in [2.45, 2.75) is 52.3 Å². The molecule has 0 atom stereocenters. The molecule has 0 unspecified atom stereocenters. The minimum Gasteiger partial charge on any atom is -0.444 e. The van der Waals surface area contributed by atoms with Gasteiger partial charge in [-0.3, -0.25) is 24.9 Å². The summed E-state index contributed by atoms with van der Waals surface area (Å²) in [6.07, 6.45) is -1.24. The quantitative estimate of drug-likeness (QED) is 0.221. The van der Waals surface area contributed by atoms with Gasteiger partial charge in [0.15, 0.2) is 5.78 Å². The standard InChI is InChI=1S/C29H32F3N5O4/c1-6-12-37(5)24-15-22(36-27(40)41-28(2,3)4)21(14-20(24)29(30,31)32)35-26(39)16-25(38)19-9-7-8-18(13-19)23-17-33-10-11-34-23/h7-11,13-15,17H,6,12,16H2,1-5H3,(H,35,39)(H,36,40). The number of benzene rings is 2. The van der Waals surface area contributed by atoms with E-state index in [0.29, 0.717) is 24.2 Å². The molecule has 0 bridgehead atoms. The predicted octanol–water partition coefficient (Wildman–Crippen LogP) is 6.57. The summed E-state index contributed by atoms with van der Waals surface area (Å²) >= 11 is 0. The van der Waals surface area contributed by atoms with Crippen molar-refractivity contribution in [1.29, 1.82) is 0 Å². The summed E-state index contributed by atoms with van der Waals surface area (Å²) in [5.41, 5.74) is -1.19. The minimum atomic E-state index is -4.77. The summed E-state index contributed by atoms with van der Waals surface area (Å²) in [6.45, 7) is 7.02. The van der Waals surface area contributed by atoms with E-state index in [9.17, 15) is 27.6 Å². The second-order valence-corrected chi connectivity index (χ2v) is 10.3. The Labute approximate surface area is 236 Å².